The van der Waals surface area contributed by atoms with Crippen LogP contribution < -0.4 is 10.6 Å². The van der Waals surface area contributed by atoms with Crippen molar-refractivity contribution in [2.24, 2.45) is 5.92 Å². The third-order valence-electron chi connectivity index (χ3n) is 3.67. The van der Waals surface area contributed by atoms with Gasteiger partial charge in [0.2, 0.25) is 0 Å². The monoisotopic (exact) mass is 262 g/mol. The molecule has 0 radical (unpaired) electrons. The topological polar surface area (TPSA) is 57.3 Å². The van der Waals surface area contributed by atoms with Gasteiger partial charge in [0.15, 0.2) is 0 Å². The summed E-state index contributed by atoms with van der Waals surface area (Å²) >= 11 is 0. The van der Waals surface area contributed by atoms with Gasteiger partial charge in [-0.25, -0.2) is 4.98 Å². The van der Waals surface area contributed by atoms with Crippen LogP contribution in [0.2, 0.25) is 0 Å². The Labute approximate surface area is 114 Å². The third-order valence-corrected chi connectivity index (χ3v) is 3.67. The average Bonchev–Trinajstić information content (AvgIpc) is 2.46. The first-order valence-corrected chi connectivity index (χ1v) is 6.79. The van der Waals surface area contributed by atoms with Crippen molar-refractivity contribution < 1.29 is 4.79 Å². The molecule has 19 heavy (non-hydrogen) atoms. The summed E-state index contributed by atoms with van der Waals surface area (Å²) in [6.45, 7) is 3.01. The smallest absolute Gasteiger partial charge is 0.252 e. The molecule has 0 atom stereocenters. The lowest BCUT2D eigenvalue weighted by atomic mass is 9.97. The summed E-state index contributed by atoms with van der Waals surface area (Å²) < 4.78 is 0. The highest BCUT2D eigenvalue weighted by Crippen LogP contribution is 2.15. The van der Waals surface area contributed by atoms with Crippen LogP contribution in [0.5, 0.6) is 0 Å². The molecule has 1 aromatic heterocycles. The van der Waals surface area contributed by atoms with Crippen LogP contribution in [-0.2, 0) is 0 Å². The number of hydrogen-bond donors (Lipinski definition) is 2. The zero-order chi connectivity index (χ0) is 13.7. The second-order valence-corrected chi connectivity index (χ2v) is 5.14. The van der Waals surface area contributed by atoms with E-state index >= 15 is 0 Å². The molecule has 0 spiro atoms. The van der Waals surface area contributed by atoms with Crippen molar-refractivity contribution in [1.82, 2.24) is 15.2 Å². The van der Waals surface area contributed by atoms with E-state index in [2.05, 4.69) is 27.6 Å². The van der Waals surface area contributed by atoms with E-state index in [9.17, 15) is 4.79 Å². The molecule has 2 rings (SSSR count). The summed E-state index contributed by atoms with van der Waals surface area (Å²) in [7, 11) is 3.95. The van der Waals surface area contributed by atoms with E-state index in [1.165, 1.54) is 0 Å². The van der Waals surface area contributed by atoms with Crippen LogP contribution in [0.3, 0.4) is 0 Å². The Kier molecular flexibility index (Phi) is 4.74. The van der Waals surface area contributed by atoms with Crippen molar-refractivity contribution in [3.63, 3.8) is 0 Å². The Hall–Kier alpha value is -1.62. The van der Waals surface area contributed by atoms with E-state index < -0.39 is 0 Å². The van der Waals surface area contributed by atoms with Gasteiger partial charge < -0.3 is 15.5 Å². The molecule has 2 heterocycles. The lowest BCUT2D eigenvalue weighted by molar-refractivity contribution is 0.0938. The number of nitrogens with one attached hydrogen (secondary N) is 2. The quantitative estimate of drug-likeness (QED) is 0.856. The van der Waals surface area contributed by atoms with Gasteiger partial charge in [-0.05, 0) is 51.0 Å². The van der Waals surface area contributed by atoms with E-state index in [1.807, 2.05) is 13.1 Å². The maximum absolute atomic E-state index is 12.0. The van der Waals surface area contributed by atoms with Crippen molar-refractivity contribution >= 4 is 11.7 Å². The summed E-state index contributed by atoms with van der Waals surface area (Å²) in [5.74, 6) is 1.34. The van der Waals surface area contributed by atoms with Crippen LogP contribution in [0.25, 0.3) is 0 Å². The number of hydrogen-bond acceptors (Lipinski definition) is 4. The first kappa shape index (κ1) is 13.8. The SMILES string of the molecule is CNc1ccc(C(=O)NCC2CCN(C)CC2)cn1. The van der Waals surface area contributed by atoms with E-state index in [1.54, 1.807) is 12.3 Å². The first-order chi connectivity index (χ1) is 9.19. The maximum Gasteiger partial charge on any atom is 0.252 e. The Balaban J connectivity index is 1.80. The molecule has 0 aromatic carbocycles. The van der Waals surface area contributed by atoms with Crippen LogP contribution in [0, 0.1) is 5.92 Å². The zero-order valence-corrected chi connectivity index (χ0v) is 11.6. The summed E-state index contributed by atoms with van der Waals surface area (Å²) in [6.07, 6.45) is 3.93. The predicted molar refractivity (Wildman–Crippen MR) is 76.3 cm³/mol. The number of carbonyl (C=O) groups excluding carboxylic acids is 1. The Morgan fingerprint density at radius 2 is 2.16 bits per heavy atom. The lowest BCUT2D eigenvalue weighted by Crippen LogP contribution is -2.36. The van der Waals surface area contributed by atoms with Crippen LogP contribution in [0.4, 0.5) is 5.82 Å². The van der Waals surface area contributed by atoms with Crippen LogP contribution >= 0.6 is 0 Å². The third kappa shape index (κ3) is 3.92. The minimum atomic E-state index is -0.0333. The molecular formula is C14H22N4O. The molecule has 2 N–H and O–H groups in total. The molecule has 104 valence electrons. The highest BCUT2D eigenvalue weighted by Gasteiger charge is 2.17. The first-order valence-electron chi connectivity index (χ1n) is 6.79. The number of piperidine rings is 1. The van der Waals surface area contributed by atoms with Gasteiger partial charge in [-0.15, -0.1) is 0 Å². The fourth-order valence-electron chi connectivity index (χ4n) is 2.28. The molecule has 0 bridgehead atoms. The largest absolute Gasteiger partial charge is 0.373 e. The average molecular weight is 262 g/mol. The zero-order valence-electron chi connectivity index (χ0n) is 11.6. The standard InChI is InChI=1S/C14H22N4O/c1-15-13-4-3-12(10-16-13)14(19)17-9-11-5-7-18(2)8-6-11/h3-4,10-11H,5-9H2,1-2H3,(H,15,16)(H,17,19). The highest BCUT2D eigenvalue weighted by atomic mass is 16.1. The van der Waals surface area contributed by atoms with E-state index in [4.69, 9.17) is 0 Å². The number of pyridine rings is 1. The molecule has 1 aromatic rings. The number of anilines is 1. The van der Waals surface area contributed by atoms with Crippen LogP contribution in [0.1, 0.15) is 23.2 Å². The molecule has 1 amide bonds. The van der Waals surface area contributed by atoms with Gasteiger partial charge in [0.1, 0.15) is 5.82 Å². The normalized spacial score (nSPS) is 17.2. The Bertz CT molecular complexity index is 410. The van der Waals surface area contributed by atoms with Crippen LogP contribution in [0.15, 0.2) is 18.3 Å². The minimum Gasteiger partial charge on any atom is -0.373 e. The number of aromatic nitrogens is 1. The molecule has 0 aliphatic carbocycles. The van der Waals surface area contributed by atoms with Crippen molar-refractivity contribution in [2.75, 3.05) is 39.0 Å². The highest BCUT2D eigenvalue weighted by molar-refractivity contribution is 5.94. The molecule has 1 aliphatic heterocycles. The molecular weight excluding hydrogens is 240 g/mol. The van der Waals surface area contributed by atoms with Gasteiger partial charge in [0.25, 0.3) is 5.91 Å². The van der Waals surface area contributed by atoms with Gasteiger partial charge >= 0.3 is 0 Å². The summed E-state index contributed by atoms with van der Waals surface area (Å²) in [6, 6.07) is 3.60. The number of likely N-dealkylation sites (tertiary alicyclic amines) is 1. The fourth-order valence-corrected chi connectivity index (χ4v) is 2.28. The van der Waals surface area contributed by atoms with Gasteiger partial charge in [-0.1, -0.05) is 0 Å². The number of carbonyl (C=O) groups is 1. The molecule has 1 aliphatic rings. The second-order valence-electron chi connectivity index (χ2n) is 5.14. The number of amides is 1. The lowest BCUT2D eigenvalue weighted by Gasteiger charge is -2.28. The van der Waals surface area contributed by atoms with Crippen LogP contribution in [-0.4, -0.2) is 49.5 Å². The van der Waals surface area contributed by atoms with E-state index in [0.29, 0.717) is 11.5 Å². The summed E-state index contributed by atoms with van der Waals surface area (Å²) in [5.41, 5.74) is 0.618. The molecule has 5 nitrogen and oxygen atoms in total. The Morgan fingerprint density at radius 3 is 2.74 bits per heavy atom. The predicted octanol–water partition coefficient (Wildman–Crippen LogP) is 1.19. The second kappa shape index (κ2) is 6.52. The van der Waals surface area contributed by atoms with Gasteiger partial charge in [-0.3, -0.25) is 4.79 Å². The molecule has 1 saturated heterocycles. The summed E-state index contributed by atoms with van der Waals surface area (Å²) in [5, 5.41) is 5.94. The number of nitrogens with zero attached hydrogens (tertiary/aromatic N) is 2. The van der Waals surface area contributed by atoms with Gasteiger partial charge in [-0.2, -0.15) is 0 Å². The molecule has 1 fully saturated rings. The maximum atomic E-state index is 12.0. The Morgan fingerprint density at radius 1 is 1.42 bits per heavy atom. The summed E-state index contributed by atoms with van der Waals surface area (Å²) in [4.78, 5) is 18.4. The fraction of sp³-hybridized carbons (Fsp3) is 0.571. The number of rotatable bonds is 4. The minimum absolute atomic E-state index is 0.0333. The molecule has 0 unspecified atom stereocenters. The van der Waals surface area contributed by atoms with E-state index in [-0.39, 0.29) is 5.91 Å². The van der Waals surface area contributed by atoms with Crippen molar-refractivity contribution in [3.05, 3.63) is 23.9 Å². The van der Waals surface area contributed by atoms with Gasteiger partial charge in [0, 0.05) is 19.8 Å². The molecule has 0 saturated carbocycles. The molecule has 5 heteroatoms. The van der Waals surface area contributed by atoms with Crippen molar-refractivity contribution in [2.45, 2.75) is 12.8 Å². The van der Waals surface area contributed by atoms with Gasteiger partial charge in [0.05, 0.1) is 5.56 Å². The van der Waals surface area contributed by atoms with Crippen molar-refractivity contribution in [3.8, 4) is 0 Å². The van der Waals surface area contributed by atoms with E-state index in [0.717, 1.165) is 38.3 Å². The van der Waals surface area contributed by atoms with Crippen molar-refractivity contribution in [1.29, 1.82) is 0 Å².